The molecule has 4 nitrogen and oxygen atoms in total. The van der Waals surface area contributed by atoms with Crippen LogP contribution in [0.15, 0.2) is 12.1 Å². The number of hydrogen-bond donors (Lipinski definition) is 3. The van der Waals surface area contributed by atoms with Gasteiger partial charge in [-0.2, -0.15) is 0 Å². The van der Waals surface area contributed by atoms with Gasteiger partial charge in [-0.3, -0.25) is 0 Å². The fourth-order valence-corrected chi connectivity index (χ4v) is 1.21. The summed E-state index contributed by atoms with van der Waals surface area (Å²) in [6.07, 6.45) is 0.558. The van der Waals surface area contributed by atoms with Crippen molar-refractivity contribution in [2.75, 3.05) is 19.3 Å². The van der Waals surface area contributed by atoms with Crippen LogP contribution in [-0.2, 0) is 0 Å². The van der Waals surface area contributed by atoms with E-state index in [4.69, 9.17) is 10.8 Å². The Morgan fingerprint density at radius 3 is 2.88 bits per heavy atom. The summed E-state index contributed by atoms with van der Waals surface area (Å²) in [5, 5.41) is 11.7. The Morgan fingerprint density at radius 2 is 2.29 bits per heavy atom. The lowest BCUT2D eigenvalue weighted by Gasteiger charge is -2.02. The summed E-state index contributed by atoms with van der Waals surface area (Å²) in [5.41, 5.74) is 5.20. The van der Waals surface area contributed by atoms with Gasteiger partial charge in [0.25, 0.3) is 0 Å². The first kappa shape index (κ1) is 13.0. The predicted octanol–water partition coefficient (Wildman–Crippen LogP) is 1.07. The Morgan fingerprint density at radius 1 is 1.59 bits per heavy atom. The molecule has 17 heavy (non-hydrogen) atoms. The van der Waals surface area contributed by atoms with Crippen LogP contribution in [0.25, 0.3) is 0 Å². The number of benzene rings is 1. The fourth-order valence-electron chi connectivity index (χ4n) is 1.21. The molecule has 0 aromatic heterocycles. The lowest BCUT2D eigenvalue weighted by molar-refractivity contribution is 0.0698. The number of nitrogens with one attached hydrogen (secondary N) is 1. The molecule has 0 heterocycles. The van der Waals surface area contributed by atoms with Crippen molar-refractivity contribution in [3.8, 4) is 11.8 Å². The maximum Gasteiger partial charge on any atom is 0.337 e. The average Bonchev–Trinajstić information content (AvgIpc) is 2.26. The summed E-state index contributed by atoms with van der Waals surface area (Å²) >= 11 is 0. The van der Waals surface area contributed by atoms with Crippen molar-refractivity contribution in [1.29, 1.82) is 0 Å². The first-order valence-electron chi connectivity index (χ1n) is 5.02. The van der Waals surface area contributed by atoms with E-state index in [0.717, 1.165) is 12.1 Å². The fraction of sp³-hybridized carbons (Fsp3) is 0.250. The topological polar surface area (TPSA) is 75.3 Å². The van der Waals surface area contributed by atoms with E-state index in [1.165, 1.54) is 0 Å². The highest BCUT2D eigenvalue weighted by Crippen LogP contribution is 2.17. The van der Waals surface area contributed by atoms with Gasteiger partial charge in [-0.05, 0) is 19.2 Å². The molecular weight excluding hydrogens is 223 g/mol. The molecule has 0 unspecified atom stereocenters. The van der Waals surface area contributed by atoms with Crippen LogP contribution in [-0.4, -0.2) is 24.7 Å². The van der Waals surface area contributed by atoms with Gasteiger partial charge in [0, 0.05) is 18.7 Å². The van der Waals surface area contributed by atoms with Crippen LogP contribution in [0, 0.1) is 17.7 Å². The Kier molecular flexibility index (Phi) is 4.49. The predicted molar refractivity (Wildman–Crippen MR) is 63.2 cm³/mol. The van der Waals surface area contributed by atoms with E-state index in [1.54, 1.807) is 7.05 Å². The molecule has 0 aliphatic rings. The number of hydrogen-bond acceptors (Lipinski definition) is 3. The molecule has 0 bridgehead atoms. The third-order valence-corrected chi connectivity index (χ3v) is 2.09. The van der Waals surface area contributed by atoms with Crippen molar-refractivity contribution in [2.45, 2.75) is 6.42 Å². The van der Waals surface area contributed by atoms with Crippen molar-refractivity contribution >= 4 is 11.7 Å². The zero-order chi connectivity index (χ0) is 12.8. The number of carbonyl (C=O) groups is 1. The maximum atomic E-state index is 13.4. The molecule has 4 N–H and O–H groups in total. The smallest absolute Gasteiger partial charge is 0.337 e. The van der Waals surface area contributed by atoms with Gasteiger partial charge in [0.1, 0.15) is 5.82 Å². The molecule has 1 aromatic carbocycles. The molecule has 0 radical (unpaired) electrons. The van der Waals surface area contributed by atoms with Crippen LogP contribution in [0.2, 0.25) is 0 Å². The van der Waals surface area contributed by atoms with E-state index < -0.39 is 11.8 Å². The Labute approximate surface area is 98.6 Å². The molecule has 0 saturated carbocycles. The van der Waals surface area contributed by atoms with Gasteiger partial charge in [0.05, 0.1) is 11.1 Å². The van der Waals surface area contributed by atoms with Crippen LogP contribution in [0.4, 0.5) is 10.1 Å². The van der Waals surface area contributed by atoms with Gasteiger partial charge in [0.15, 0.2) is 0 Å². The van der Waals surface area contributed by atoms with E-state index in [-0.39, 0.29) is 16.8 Å². The highest BCUT2D eigenvalue weighted by atomic mass is 19.1. The first-order valence-corrected chi connectivity index (χ1v) is 5.02. The van der Waals surface area contributed by atoms with Crippen molar-refractivity contribution < 1.29 is 14.3 Å². The Hall–Kier alpha value is -2.06. The Balaban J connectivity index is 3.02. The van der Waals surface area contributed by atoms with E-state index in [9.17, 15) is 9.18 Å². The van der Waals surface area contributed by atoms with Crippen molar-refractivity contribution in [2.24, 2.45) is 0 Å². The molecule has 0 aliphatic carbocycles. The third kappa shape index (κ3) is 3.47. The summed E-state index contributed by atoms with van der Waals surface area (Å²) in [6.45, 7) is 0.690. The second-order valence-electron chi connectivity index (χ2n) is 3.38. The lowest BCUT2D eigenvalue weighted by Crippen LogP contribution is -2.06. The number of anilines is 1. The number of aromatic carboxylic acids is 1. The van der Waals surface area contributed by atoms with Gasteiger partial charge >= 0.3 is 5.97 Å². The summed E-state index contributed by atoms with van der Waals surface area (Å²) in [5.74, 6) is 3.53. The summed E-state index contributed by atoms with van der Waals surface area (Å²) in [7, 11) is 1.79. The molecule has 0 spiro atoms. The van der Waals surface area contributed by atoms with Crippen LogP contribution in [0.1, 0.15) is 22.3 Å². The van der Waals surface area contributed by atoms with Gasteiger partial charge < -0.3 is 16.2 Å². The number of carboxylic acid groups (broad SMARTS) is 1. The highest BCUT2D eigenvalue weighted by molar-refractivity contribution is 5.94. The molecule has 0 aliphatic heterocycles. The normalized spacial score (nSPS) is 9.53. The zero-order valence-corrected chi connectivity index (χ0v) is 9.38. The van der Waals surface area contributed by atoms with Crippen molar-refractivity contribution in [1.82, 2.24) is 5.32 Å². The van der Waals surface area contributed by atoms with Gasteiger partial charge in [-0.25, -0.2) is 9.18 Å². The van der Waals surface area contributed by atoms with E-state index in [0.29, 0.717) is 13.0 Å². The van der Waals surface area contributed by atoms with E-state index in [2.05, 4.69) is 17.2 Å². The third-order valence-electron chi connectivity index (χ3n) is 2.09. The van der Waals surface area contributed by atoms with Crippen LogP contribution >= 0.6 is 0 Å². The van der Waals surface area contributed by atoms with Gasteiger partial charge in [0.2, 0.25) is 0 Å². The minimum absolute atomic E-state index is 0.0488. The molecule has 1 aromatic rings. The highest BCUT2D eigenvalue weighted by Gasteiger charge is 2.11. The second-order valence-corrected chi connectivity index (χ2v) is 3.38. The summed E-state index contributed by atoms with van der Waals surface area (Å²) < 4.78 is 13.4. The van der Waals surface area contributed by atoms with Crippen molar-refractivity contribution in [3.63, 3.8) is 0 Å². The molecule has 0 fully saturated rings. The first-order chi connectivity index (χ1) is 8.06. The second kappa shape index (κ2) is 5.87. The SMILES string of the molecule is CNCCC#Cc1cc(C(=O)O)c(N)cc1F. The molecular formula is C12H13FN2O2. The minimum atomic E-state index is -1.19. The van der Waals surface area contributed by atoms with Crippen molar-refractivity contribution in [3.05, 3.63) is 29.1 Å². The summed E-state index contributed by atoms with van der Waals surface area (Å²) in [4.78, 5) is 10.8. The molecule has 1 rings (SSSR count). The number of rotatable bonds is 3. The van der Waals surface area contributed by atoms with Crippen LogP contribution < -0.4 is 11.1 Å². The lowest BCUT2D eigenvalue weighted by atomic mass is 10.1. The van der Waals surface area contributed by atoms with Gasteiger partial charge in [-0.1, -0.05) is 11.8 Å². The zero-order valence-electron chi connectivity index (χ0n) is 9.38. The number of carboxylic acids is 1. The molecule has 0 saturated heterocycles. The van der Waals surface area contributed by atoms with E-state index >= 15 is 0 Å². The number of halogens is 1. The average molecular weight is 236 g/mol. The maximum absolute atomic E-state index is 13.4. The van der Waals surface area contributed by atoms with Gasteiger partial charge in [-0.15, -0.1) is 0 Å². The standard InChI is InChI=1S/C12H13FN2O2/c1-15-5-3-2-4-8-6-9(12(16)17)11(14)7-10(8)13/h6-7,15H,3,5,14H2,1H3,(H,16,17). The van der Waals surface area contributed by atoms with E-state index in [1.807, 2.05) is 0 Å². The molecule has 0 amide bonds. The number of nitrogen functional groups attached to an aromatic ring is 1. The molecule has 90 valence electrons. The van der Waals surface area contributed by atoms with Crippen LogP contribution in [0.3, 0.4) is 0 Å². The summed E-state index contributed by atoms with van der Waals surface area (Å²) in [6, 6.07) is 2.13. The molecule has 5 heteroatoms. The quantitative estimate of drug-likeness (QED) is 0.417. The Bertz CT molecular complexity index is 489. The molecule has 0 atom stereocenters. The minimum Gasteiger partial charge on any atom is -0.478 e. The largest absolute Gasteiger partial charge is 0.478 e. The van der Waals surface area contributed by atoms with Crippen LogP contribution in [0.5, 0.6) is 0 Å². The monoisotopic (exact) mass is 236 g/mol. The number of nitrogens with two attached hydrogens (primary N) is 1.